The van der Waals surface area contributed by atoms with E-state index in [1.807, 2.05) is 12.2 Å². The number of hydrogen-bond acceptors (Lipinski definition) is 1. The van der Waals surface area contributed by atoms with Gasteiger partial charge in [-0.15, -0.1) is 6.58 Å². The average Bonchev–Trinajstić information content (AvgIpc) is 2.45. The van der Waals surface area contributed by atoms with Crippen LogP contribution >= 0.6 is 0 Å². The monoisotopic (exact) mass is 188 g/mol. The van der Waals surface area contributed by atoms with E-state index in [4.69, 9.17) is 0 Å². The summed E-state index contributed by atoms with van der Waals surface area (Å²) in [6, 6.07) is 0. The first-order valence-electron chi connectivity index (χ1n) is 5.26. The zero-order valence-electron chi connectivity index (χ0n) is 8.68. The number of ketones is 1. The fourth-order valence-corrected chi connectivity index (χ4v) is 2.56. The molecule has 0 aliphatic heterocycles. The van der Waals surface area contributed by atoms with E-state index in [9.17, 15) is 4.79 Å². The third-order valence-electron chi connectivity index (χ3n) is 3.26. The number of hydrogen-bond donors (Lipinski definition) is 0. The summed E-state index contributed by atoms with van der Waals surface area (Å²) in [6.45, 7) is 5.95. The summed E-state index contributed by atoms with van der Waals surface area (Å²) in [6.07, 6.45) is 7.65. The molecule has 0 amide bonds. The van der Waals surface area contributed by atoms with Crippen LogP contribution in [0.2, 0.25) is 0 Å². The third-order valence-corrected chi connectivity index (χ3v) is 3.26. The highest BCUT2D eigenvalue weighted by Gasteiger charge is 2.29. The molecule has 2 aliphatic rings. The van der Waals surface area contributed by atoms with Gasteiger partial charge in [-0.3, -0.25) is 4.79 Å². The molecule has 0 heterocycles. The molecule has 0 fully saturated rings. The Morgan fingerprint density at radius 3 is 3.14 bits per heavy atom. The van der Waals surface area contributed by atoms with E-state index in [-0.39, 0.29) is 0 Å². The van der Waals surface area contributed by atoms with Crippen molar-refractivity contribution in [1.82, 2.24) is 0 Å². The summed E-state index contributed by atoms with van der Waals surface area (Å²) in [5.41, 5.74) is 4.13. The molecule has 0 radical (unpaired) electrons. The molecule has 14 heavy (non-hydrogen) atoms. The van der Waals surface area contributed by atoms with Crippen LogP contribution in [0.5, 0.6) is 0 Å². The highest BCUT2D eigenvalue weighted by molar-refractivity contribution is 5.92. The highest BCUT2D eigenvalue weighted by atomic mass is 16.1. The molecule has 0 spiro atoms. The van der Waals surface area contributed by atoms with E-state index in [2.05, 4.69) is 13.5 Å². The Hall–Kier alpha value is -1.11. The Bertz CT molecular complexity index is 344. The van der Waals surface area contributed by atoms with Crippen LogP contribution in [0.1, 0.15) is 32.6 Å². The van der Waals surface area contributed by atoms with E-state index >= 15 is 0 Å². The summed E-state index contributed by atoms with van der Waals surface area (Å²) in [5.74, 6) is 0.926. The molecule has 0 saturated heterocycles. The molecule has 2 rings (SSSR count). The van der Waals surface area contributed by atoms with Crippen molar-refractivity contribution < 1.29 is 4.79 Å². The Morgan fingerprint density at radius 2 is 2.43 bits per heavy atom. The molecule has 1 nitrogen and oxygen atoms in total. The van der Waals surface area contributed by atoms with Crippen molar-refractivity contribution >= 4 is 5.78 Å². The van der Waals surface area contributed by atoms with Crippen molar-refractivity contribution in [2.24, 2.45) is 5.92 Å². The zero-order chi connectivity index (χ0) is 10.1. The molecule has 0 aromatic heterocycles. The predicted molar refractivity (Wildman–Crippen MR) is 57.9 cm³/mol. The van der Waals surface area contributed by atoms with Gasteiger partial charge in [0, 0.05) is 6.42 Å². The van der Waals surface area contributed by atoms with E-state index in [0.717, 1.165) is 25.7 Å². The average molecular weight is 188 g/mol. The number of carbonyl (C=O) groups is 1. The molecule has 0 aromatic carbocycles. The minimum absolute atomic E-state index is 0.299. The van der Waals surface area contributed by atoms with Gasteiger partial charge in [0.1, 0.15) is 0 Å². The Kier molecular flexibility index (Phi) is 2.40. The van der Waals surface area contributed by atoms with Crippen LogP contribution in [0.25, 0.3) is 0 Å². The molecule has 74 valence electrons. The number of carbonyl (C=O) groups excluding carboxylic acids is 1. The second kappa shape index (κ2) is 3.56. The lowest BCUT2D eigenvalue weighted by molar-refractivity contribution is -0.115. The van der Waals surface area contributed by atoms with Gasteiger partial charge in [0.25, 0.3) is 0 Å². The van der Waals surface area contributed by atoms with E-state index in [1.54, 1.807) is 0 Å². The van der Waals surface area contributed by atoms with Gasteiger partial charge in [-0.25, -0.2) is 0 Å². The molecule has 1 atom stereocenters. The predicted octanol–water partition coefficient (Wildman–Crippen LogP) is 3.19. The minimum Gasteiger partial charge on any atom is -0.295 e. The van der Waals surface area contributed by atoms with Gasteiger partial charge in [0.05, 0.1) is 0 Å². The Balaban J connectivity index is 2.33. The minimum atomic E-state index is 0.299. The second-order valence-electron chi connectivity index (χ2n) is 4.26. The molecule has 2 aliphatic carbocycles. The first-order chi connectivity index (χ1) is 6.72. The zero-order valence-corrected chi connectivity index (χ0v) is 8.68. The number of fused-ring (bicyclic) bond motifs is 1. The normalized spacial score (nSPS) is 26.2. The van der Waals surface area contributed by atoms with E-state index in [1.165, 1.54) is 16.7 Å². The van der Waals surface area contributed by atoms with Gasteiger partial charge < -0.3 is 0 Å². The SMILES string of the molecule is C=CCC1=C(C)C[C@@H]2CCC(=O)C=C12. The molecule has 0 saturated carbocycles. The molecule has 0 aromatic rings. The Labute approximate surface area is 85.2 Å². The van der Waals surface area contributed by atoms with Crippen LogP contribution in [-0.2, 0) is 4.79 Å². The van der Waals surface area contributed by atoms with Crippen molar-refractivity contribution in [2.45, 2.75) is 32.6 Å². The largest absolute Gasteiger partial charge is 0.295 e. The van der Waals surface area contributed by atoms with Crippen LogP contribution in [0.3, 0.4) is 0 Å². The van der Waals surface area contributed by atoms with Crippen molar-refractivity contribution in [1.29, 1.82) is 0 Å². The topological polar surface area (TPSA) is 17.1 Å². The van der Waals surface area contributed by atoms with E-state index in [0.29, 0.717) is 11.7 Å². The Morgan fingerprint density at radius 1 is 1.64 bits per heavy atom. The first-order valence-corrected chi connectivity index (χ1v) is 5.26. The van der Waals surface area contributed by atoms with Gasteiger partial charge in [-0.05, 0) is 49.3 Å². The number of allylic oxidation sites excluding steroid dienone is 5. The number of rotatable bonds is 2. The van der Waals surface area contributed by atoms with Gasteiger partial charge in [0.2, 0.25) is 0 Å². The summed E-state index contributed by atoms with van der Waals surface area (Å²) < 4.78 is 0. The lowest BCUT2D eigenvalue weighted by Gasteiger charge is -2.18. The first kappa shape index (κ1) is 9.45. The third kappa shape index (κ3) is 1.47. The van der Waals surface area contributed by atoms with Crippen molar-refractivity contribution in [3.05, 3.63) is 35.5 Å². The van der Waals surface area contributed by atoms with Gasteiger partial charge in [0.15, 0.2) is 5.78 Å². The van der Waals surface area contributed by atoms with Gasteiger partial charge in [-0.2, -0.15) is 0 Å². The lowest BCUT2D eigenvalue weighted by Crippen LogP contribution is -2.11. The summed E-state index contributed by atoms with van der Waals surface area (Å²) in [7, 11) is 0. The van der Waals surface area contributed by atoms with Gasteiger partial charge >= 0.3 is 0 Å². The molecule has 1 heteroatoms. The van der Waals surface area contributed by atoms with Crippen LogP contribution in [0.15, 0.2) is 35.5 Å². The van der Waals surface area contributed by atoms with Crippen LogP contribution in [-0.4, -0.2) is 5.78 Å². The quantitative estimate of drug-likeness (QED) is 0.608. The maximum atomic E-state index is 11.3. The maximum Gasteiger partial charge on any atom is 0.156 e. The maximum absolute atomic E-state index is 11.3. The van der Waals surface area contributed by atoms with Crippen molar-refractivity contribution in [2.75, 3.05) is 0 Å². The molecule has 0 bridgehead atoms. The molecule has 0 unspecified atom stereocenters. The fraction of sp³-hybridized carbons (Fsp3) is 0.462. The van der Waals surface area contributed by atoms with Crippen molar-refractivity contribution in [3.63, 3.8) is 0 Å². The fourth-order valence-electron chi connectivity index (χ4n) is 2.56. The van der Waals surface area contributed by atoms with E-state index < -0.39 is 0 Å². The highest BCUT2D eigenvalue weighted by Crippen LogP contribution is 2.42. The van der Waals surface area contributed by atoms with Gasteiger partial charge in [-0.1, -0.05) is 11.6 Å². The molecular formula is C13H16O. The standard InChI is InChI=1S/C13H16O/c1-3-4-12-9(2)7-10-5-6-11(14)8-13(10)12/h3,8,10H,1,4-7H2,2H3/t10-/m0/s1. The van der Waals surface area contributed by atoms with Crippen molar-refractivity contribution in [3.8, 4) is 0 Å². The second-order valence-corrected chi connectivity index (χ2v) is 4.26. The lowest BCUT2D eigenvalue weighted by atomic mass is 9.86. The van der Waals surface area contributed by atoms with Crippen LogP contribution in [0, 0.1) is 5.92 Å². The summed E-state index contributed by atoms with van der Waals surface area (Å²) in [4.78, 5) is 11.3. The van der Waals surface area contributed by atoms with Crippen LogP contribution < -0.4 is 0 Å². The summed E-state index contributed by atoms with van der Waals surface area (Å²) in [5, 5.41) is 0. The molecule has 0 N–H and O–H groups in total. The van der Waals surface area contributed by atoms with Crippen LogP contribution in [0.4, 0.5) is 0 Å². The molecular weight excluding hydrogens is 172 g/mol. The summed E-state index contributed by atoms with van der Waals surface area (Å²) >= 11 is 0. The smallest absolute Gasteiger partial charge is 0.156 e.